The van der Waals surface area contributed by atoms with E-state index in [4.69, 9.17) is 5.21 Å². The average Bonchev–Trinajstić information content (AvgIpc) is 2.37. The summed E-state index contributed by atoms with van der Waals surface area (Å²) in [5.41, 5.74) is 0.813. The van der Waals surface area contributed by atoms with E-state index in [9.17, 15) is 10.2 Å². The lowest BCUT2D eigenvalue weighted by Crippen LogP contribution is -2.01. The van der Waals surface area contributed by atoms with Crippen LogP contribution in [0.15, 0.2) is 23.4 Å². The third-order valence-electron chi connectivity index (χ3n) is 2.93. The number of hydrogen-bond acceptors (Lipinski definition) is 4. The molecule has 0 unspecified atom stereocenters. The monoisotopic (exact) mass is 251 g/mol. The zero-order valence-electron chi connectivity index (χ0n) is 10.8. The number of oxime groups is 1. The highest BCUT2D eigenvalue weighted by Gasteiger charge is 2.10. The topological polar surface area (TPSA) is 73.1 Å². The van der Waals surface area contributed by atoms with E-state index in [2.05, 4.69) is 12.1 Å². The van der Waals surface area contributed by atoms with Crippen LogP contribution in [0.3, 0.4) is 0 Å². The van der Waals surface area contributed by atoms with Gasteiger partial charge in [-0.2, -0.15) is 0 Å². The van der Waals surface area contributed by atoms with Crippen LogP contribution in [0, 0.1) is 0 Å². The van der Waals surface area contributed by atoms with Crippen molar-refractivity contribution >= 4 is 5.71 Å². The molecule has 0 heterocycles. The molecule has 18 heavy (non-hydrogen) atoms. The van der Waals surface area contributed by atoms with Crippen molar-refractivity contribution in [3.8, 4) is 11.5 Å². The van der Waals surface area contributed by atoms with Gasteiger partial charge < -0.3 is 15.4 Å². The molecule has 0 atom stereocenters. The zero-order valence-corrected chi connectivity index (χ0v) is 10.8. The van der Waals surface area contributed by atoms with Crippen molar-refractivity contribution in [2.24, 2.45) is 5.16 Å². The van der Waals surface area contributed by atoms with Crippen LogP contribution in [0.4, 0.5) is 0 Å². The van der Waals surface area contributed by atoms with Gasteiger partial charge in [-0.25, -0.2) is 0 Å². The number of hydrogen-bond donors (Lipinski definition) is 3. The summed E-state index contributed by atoms with van der Waals surface area (Å²) >= 11 is 0. The van der Waals surface area contributed by atoms with Crippen LogP contribution in [0.5, 0.6) is 11.5 Å². The maximum absolute atomic E-state index is 9.67. The number of aromatic hydroxyl groups is 2. The Morgan fingerprint density at radius 3 is 2.50 bits per heavy atom. The first kappa shape index (κ1) is 14.4. The van der Waals surface area contributed by atoms with E-state index in [-0.39, 0.29) is 11.5 Å². The van der Waals surface area contributed by atoms with Gasteiger partial charge in [0.2, 0.25) is 0 Å². The van der Waals surface area contributed by atoms with Crippen molar-refractivity contribution in [3.63, 3.8) is 0 Å². The number of benzene rings is 1. The minimum atomic E-state index is 0.0224. The Hall–Kier alpha value is -1.71. The summed E-state index contributed by atoms with van der Waals surface area (Å²) in [6.07, 6.45) is 6.15. The van der Waals surface area contributed by atoms with E-state index < -0.39 is 0 Å². The molecule has 0 saturated heterocycles. The van der Waals surface area contributed by atoms with Gasteiger partial charge in [0.1, 0.15) is 11.5 Å². The second-order valence-corrected chi connectivity index (χ2v) is 4.41. The van der Waals surface area contributed by atoms with Gasteiger partial charge >= 0.3 is 0 Å². The van der Waals surface area contributed by atoms with Gasteiger partial charge in [0, 0.05) is 5.56 Å². The molecular formula is C14H21NO3. The van der Waals surface area contributed by atoms with Crippen LogP contribution in [0.25, 0.3) is 0 Å². The molecular weight excluding hydrogens is 230 g/mol. The molecule has 0 aliphatic carbocycles. The molecule has 0 bridgehead atoms. The lowest BCUT2D eigenvalue weighted by atomic mass is 10.0. The maximum Gasteiger partial charge on any atom is 0.125 e. The first-order valence-electron chi connectivity index (χ1n) is 6.42. The van der Waals surface area contributed by atoms with Crippen molar-refractivity contribution in [1.29, 1.82) is 0 Å². The highest BCUT2D eigenvalue weighted by atomic mass is 16.4. The lowest BCUT2D eigenvalue weighted by molar-refractivity contribution is 0.317. The van der Waals surface area contributed by atoms with Crippen LogP contribution in [-0.2, 0) is 0 Å². The molecule has 0 amide bonds. The molecule has 1 rings (SSSR count). The molecule has 4 nitrogen and oxygen atoms in total. The van der Waals surface area contributed by atoms with Gasteiger partial charge in [0.15, 0.2) is 0 Å². The summed E-state index contributed by atoms with van der Waals surface area (Å²) in [5.74, 6) is 0.0732. The van der Waals surface area contributed by atoms with Crippen molar-refractivity contribution in [1.82, 2.24) is 0 Å². The standard InChI is InChI=1S/C14H21NO3/c1-2-3-4-5-6-7-13(15-18)12-10-11(16)8-9-14(12)17/h8-10,16-18H,2-7H2,1H3/b15-13+. The molecule has 0 fully saturated rings. The number of rotatable bonds is 7. The summed E-state index contributed by atoms with van der Waals surface area (Å²) in [7, 11) is 0. The summed E-state index contributed by atoms with van der Waals surface area (Å²) < 4.78 is 0. The molecule has 4 heteroatoms. The minimum absolute atomic E-state index is 0.0224. The van der Waals surface area contributed by atoms with E-state index >= 15 is 0 Å². The highest BCUT2D eigenvalue weighted by Crippen LogP contribution is 2.24. The second kappa shape index (κ2) is 7.58. The van der Waals surface area contributed by atoms with Crippen molar-refractivity contribution in [2.45, 2.75) is 45.4 Å². The zero-order chi connectivity index (χ0) is 13.4. The SMILES string of the molecule is CCCCCCC/C(=N\O)c1cc(O)ccc1O. The number of unbranched alkanes of at least 4 members (excludes halogenated alkanes) is 4. The molecule has 1 aromatic carbocycles. The molecule has 1 aromatic rings. The number of phenols is 2. The average molecular weight is 251 g/mol. The Balaban J connectivity index is 2.58. The van der Waals surface area contributed by atoms with E-state index in [1.54, 1.807) is 0 Å². The number of phenolic OH excluding ortho intramolecular Hbond substituents is 2. The third-order valence-corrected chi connectivity index (χ3v) is 2.93. The summed E-state index contributed by atoms with van der Waals surface area (Å²) in [4.78, 5) is 0. The molecule has 3 N–H and O–H groups in total. The summed E-state index contributed by atoms with van der Waals surface area (Å²) in [6.45, 7) is 2.16. The Morgan fingerprint density at radius 2 is 1.83 bits per heavy atom. The van der Waals surface area contributed by atoms with Gasteiger partial charge in [-0.3, -0.25) is 0 Å². The van der Waals surface area contributed by atoms with Crippen LogP contribution >= 0.6 is 0 Å². The van der Waals surface area contributed by atoms with E-state index in [0.717, 1.165) is 12.8 Å². The second-order valence-electron chi connectivity index (χ2n) is 4.41. The van der Waals surface area contributed by atoms with E-state index in [0.29, 0.717) is 17.7 Å². The summed E-state index contributed by atoms with van der Waals surface area (Å²) in [5, 5.41) is 31.3. The number of nitrogens with zero attached hydrogens (tertiary/aromatic N) is 1. The Kier molecular flexibility index (Phi) is 6.05. The van der Waals surface area contributed by atoms with Crippen LogP contribution in [-0.4, -0.2) is 21.1 Å². The highest BCUT2D eigenvalue weighted by molar-refractivity contribution is 6.02. The van der Waals surface area contributed by atoms with Gasteiger partial charge in [-0.1, -0.05) is 37.8 Å². The third kappa shape index (κ3) is 4.28. The molecule has 0 radical (unpaired) electrons. The van der Waals surface area contributed by atoms with Gasteiger partial charge in [-0.05, 0) is 31.0 Å². The van der Waals surface area contributed by atoms with Gasteiger partial charge in [-0.15, -0.1) is 0 Å². The molecule has 0 spiro atoms. The van der Waals surface area contributed by atoms with Crippen molar-refractivity contribution in [2.75, 3.05) is 0 Å². The van der Waals surface area contributed by atoms with Crippen molar-refractivity contribution in [3.05, 3.63) is 23.8 Å². The fourth-order valence-electron chi connectivity index (χ4n) is 1.89. The first-order chi connectivity index (χ1) is 8.69. The predicted molar refractivity (Wildman–Crippen MR) is 71.5 cm³/mol. The van der Waals surface area contributed by atoms with Crippen LogP contribution < -0.4 is 0 Å². The molecule has 0 aromatic heterocycles. The van der Waals surface area contributed by atoms with Crippen LogP contribution in [0.2, 0.25) is 0 Å². The fraction of sp³-hybridized carbons (Fsp3) is 0.500. The smallest absolute Gasteiger partial charge is 0.125 e. The normalized spacial score (nSPS) is 11.7. The maximum atomic E-state index is 9.67. The predicted octanol–water partition coefficient (Wildman–Crippen LogP) is 3.64. The molecule has 0 aliphatic rings. The molecule has 0 aliphatic heterocycles. The van der Waals surface area contributed by atoms with Crippen molar-refractivity contribution < 1.29 is 15.4 Å². The quantitative estimate of drug-likeness (QED) is 0.228. The molecule has 100 valence electrons. The van der Waals surface area contributed by atoms with E-state index in [1.165, 1.54) is 37.5 Å². The Bertz CT molecular complexity index is 402. The summed E-state index contributed by atoms with van der Waals surface area (Å²) in [6, 6.07) is 4.21. The Labute approximate surface area is 108 Å². The largest absolute Gasteiger partial charge is 0.508 e. The first-order valence-corrected chi connectivity index (χ1v) is 6.42. The lowest BCUT2D eigenvalue weighted by Gasteiger charge is -2.07. The van der Waals surface area contributed by atoms with Crippen LogP contribution in [0.1, 0.15) is 51.0 Å². The minimum Gasteiger partial charge on any atom is -0.508 e. The van der Waals surface area contributed by atoms with Gasteiger partial charge in [0.25, 0.3) is 0 Å². The van der Waals surface area contributed by atoms with E-state index in [1.807, 2.05) is 0 Å². The molecule has 0 saturated carbocycles. The Morgan fingerprint density at radius 1 is 1.11 bits per heavy atom. The van der Waals surface area contributed by atoms with Gasteiger partial charge in [0.05, 0.1) is 5.71 Å². The fourth-order valence-corrected chi connectivity index (χ4v) is 1.89.